The molecule has 0 bridgehead atoms. The van der Waals surface area contributed by atoms with Crippen LogP contribution in [0.3, 0.4) is 0 Å². The molecule has 0 spiro atoms. The van der Waals surface area contributed by atoms with Crippen LogP contribution in [0.2, 0.25) is 0 Å². The molecule has 1 nitrogen and oxygen atoms in total. The minimum atomic E-state index is -4.64. The SMILES string of the molecule is CC1(c2cccc(C(F)(F)F)c2F)CCCN1. The largest absolute Gasteiger partial charge is 0.419 e. The normalized spacial score (nSPS) is 25.2. The Morgan fingerprint density at radius 3 is 2.53 bits per heavy atom. The molecule has 2 rings (SSSR count). The fraction of sp³-hybridized carbons (Fsp3) is 0.500. The van der Waals surface area contributed by atoms with Gasteiger partial charge in [-0.2, -0.15) is 13.2 Å². The molecule has 5 heteroatoms. The van der Waals surface area contributed by atoms with E-state index in [0.29, 0.717) is 13.0 Å². The fourth-order valence-corrected chi connectivity index (χ4v) is 2.30. The van der Waals surface area contributed by atoms with Gasteiger partial charge < -0.3 is 5.32 Å². The molecule has 0 amide bonds. The van der Waals surface area contributed by atoms with Gasteiger partial charge in [-0.1, -0.05) is 12.1 Å². The highest BCUT2D eigenvalue weighted by Crippen LogP contribution is 2.38. The van der Waals surface area contributed by atoms with Gasteiger partial charge in [-0.05, 0) is 32.4 Å². The molecule has 1 unspecified atom stereocenters. The first-order valence-corrected chi connectivity index (χ1v) is 5.46. The standard InChI is InChI=1S/C12H13F4N/c1-11(6-3-7-17-11)8-4-2-5-9(10(8)13)12(14,15)16/h2,4-5,17H,3,6-7H2,1H3. The smallest absolute Gasteiger partial charge is 0.308 e. The first-order valence-electron chi connectivity index (χ1n) is 5.46. The molecule has 0 radical (unpaired) electrons. The first kappa shape index (κ1) is 12.4. The molecule has 1 aromatic carbocycles. The summed E-state index contributed by atoms with van der Waals surface area (Å²) in [6, 6.07) is 3.45. The van der Waals surface area contributed by atoms with Crippen LogP contribution < -0.4 is 5.32 Å². The lowest BCUT2D eigenvalue weighted by Gasteiger charge is -2.26. The molecule has 94 valence electrons. The zero-order valence-corrected chi connectivity index (χ0v) is 9.37. The molecule has 1 aliphatic heterocycles. The second-order valence-electron chi connectivity index (χ2n) is 4.53. The van der Waals surface area contributed by atoms with Gasteiger partial charge in [0.05, 0.1) is 5.56 Å². The third-order valence-electron chi connectivity index (χ3n) is 3.27. The lowest BCUT2D eigenvalue weighted by atomic mass is 9.89. The van der Waals surface area contributed by atoms with Gasteiger partial charge in [0.2, 0.25) is 0 Å². The van der Waals surface area contributed by atoms with Crippen molar-refractivity contribution in [2.24, 2.45) is 0 Å². The summed E-state index contributed by atoms with van der Waals surface area (Å²) in [4.78, 5) is 0. The van der Waals surface area contributed by atoms with Crippen molar-refractivity contribution in [3.05, 3.63) is 35.1 Å². The van der Waals surface area contributed by atoms with Crippen LogP contribution >= 0.6 is 0 Å². The summed E-state index contributed by atoms with van der Waals surface area (Å²) < 4.78 is 51.6. The van der Waals surface area contributed by atoms with Crippen molar-refractivity contribution in [3.63, 3.8) is 0 Å². The van der Waals surface area contributed by atoms with Crippen LogP contribution in [0.1, 0.15) is 30.9 Å². The maximum absolute atomic E-state index is 13.9. The molecule has 1 atom stereocenters. The average Bonchev–Trinajstić information content (AvgIpc) is 2.64. The summed E-state index contributed by atoms with van der Waals surface area (Å²) in [6.07, 6.45) is -3.16. The topological polar surface area (TPSA) is 12.0 Å². The summed E-state index contributed by atoms with van der Waals surface area (Å²) in [6.45, 7) is 2.44. The third kappa shape index (κ3) is 2.16. The lowest BCUT2D eigenvalue weighted by Crippen LogP contribution is -2.34. The maximum atomic E-state index is 13.9. The van der Waals surface area contributed by atoms with E-state index in [1.54, 1.807) is 6.92 Å². The zero-order chi connectivity index (χ0) is 12.7. The van der Waals surface area contributed by atoms with Gasteiger partial charge in [-0.25, -0.2) is 4.39 Å². The minimum absolute atomic E-state index is 0.102. The van der Waals surface area contributed by atoms with E-state index < -0.39 is 23.1 Å². The number of rotatable bonds is 1. The van der Waals surface area contributed by atoms with Crippen LogP contribution in [0.4, 0.5) is 17.6 Å². The number of hydrogen-bond donors (Lipinski definition) is 1. The van der Waals surface area contributed by atoms with Crippen molar-refractivity contribution in [1.82, 2.24) is 5.32 Å². The van der Waals surface area contributed by atoms with Crippen molar-refractivity contribution in [1.29, 1.82) is 0 Å². The Morgan fingerprint density at radius 1 is 1.29 bits per heavy atom. The van der Waals surface area contributed by atoms with Crippen molar-refractivity contribution in [3.8, 4) is 0 Å². The molecule has 1 N–H and O–H groups in total. The molecule has 1 heterocycles. The molecule has 1 fully saturated rings. The quantitative estimate of drug-likeness (QED) is 0.749. The van der Waals surface area contributed by atoms with Crippen molar-refractivity contribution >= 4 is 0 Å². The highest BCUT2D eigenvalue weighted by molar-refractivity contribution is 5.33. The van der Waals surface area contributed by atoms with Crippen molar-refractivity contribution in [2.45, 2.75) is 31.5 Å². The summed E-state index contributed by atoms with van der Waals surface area (Å²) in [5.41, 5.74) is -1.78. The number of hydrogen-bond acceptors (Lipinski definition) is 1. The fourth-order valence-electron chi connectivity index (χ4n) is 2.30. The molecule has 0 saturated carbocycles. The van der Waals surface area contributed by atoms with E-state index in [4.69, 9.17) is 0 Å². The van der Waals surface area contributed by atoms with Gasteiger partial charge in [0.25, 0.3) is 0 Å². The Morgan fingerprint density at radius 2 is 2.00 bits per heavy atom. The summed E-state index contributed by atoms with van der Waals surface area (Å²) >= 11 is 0. The minimum Gasteiger partial charge on any atom is -0.308 e. The van der Waals surface area contributed by atoms with Gasteiger partial charge in [-0.15, -0.1) is 0 Å². The number of nitrogens with one attached hydrogen (secondary N) is 1. The van der Waals surface area contributed by atoms with Crippen LogP contribution in [0.5, 0.6) is 0 Å². The van der Waals surface area contributed by atoms with Crippen LogP contribution in [0.15, 0.2) is 18.2 Å². The Bertz CT molecular complexity index is 419. The van der Waals surface area contributed by atoms with Gasteiger partial charge in [0.15, 0.2) is 0 Å². The van der Waals surface area contributed by atoms with Gasteiger partial charge in [0.1, 0.15) is 5.82 Å². The van der Waals surface area contributed by atoms with Gasteiger partial charge in [-0.3, -0.25) is 0 Å². The number of halogens is 4. The summed E-state index contributed by atoms with van der Waals surface area (Å²) in [5.74, 6) is -1.16. The van der Waals surface area contributed by atoms with Crippen LogP contribution in [-0.4, -0.2) is 6.54 Å². The Hall–Kier alpha value is -1.10. The molecule has 0 aromatic heterocycles. The van der Waals surface area contributed by atoms with E-state index in [0.717, 1.165) is 12.5 Å². The lowest BCUT2D eigenvalue weighted by molar-refractivity contribution is -0.140. The Labute approximate surface area is 96.8 Å². The number of benzene rings is 1. The van der Waals surface area contributed by atoms with E-state index in [-0.39, 0.29) is 5.56 Å². The second-order valence-corrected chi connectivity index (χ2v) is 4.53. The third-order valence-corrected chi connectivity index (χ3v) is 3.27. The molecule has 1 aromatic rings. The van der Waals surface area contributed by atoms with Gasteiger partial charge in [0, 0.05) is 11.1 Å². The Kier molecular flexibility index (Phi) is 2.89. The number of alkyl halides is 3. The van der Waals surface area contributed by atoms with Crippen molar-refractivity contribution < 1.29 is 17.6 Å². The van der Waals surface area contributed by atoms with E-state index in [1.165, 1.54) is 12.1 Å². The Balaban J connectivity index is 2.49. The van der Waals surface area contributed by atoms with E-state index in [1.807, 2.05) is 0 Å². The van der Waals surface area contributed by atoms with Crippen LogP contribution in [0, 0.1) is 5.82 Å². The highest BCUT2D eigenvalue weighted by Gasteiger charge is 2.39. The van der Waals surface area contributed by atoms with E-state index >= 15 is 0 Å². The monoisotopic (exact) mass is 247 g/mol. The predicted molar refractivity (Wildman–Crippen MR) is 56.0 cm³/mol. The zero-order valence-electron chi connectivity index (χ0n) is 9.37. The first-order chi connectivity index (χ1) is 7.84. The van der Waals surface area contributed by atoms with Crippen LogP contribution in [0.25, 0.3) is 0 Å². The summed E-state index contributed by atoms with van der Waals surface area (Å²) in [7, 11) is 0. The second kappa shape index (κ2) is 3.98. The average molecular weight is 247 g/mol. The van der Waals surface area contributed by atoms with Gasteiger partial charge >= 0.3 is 6.18 Å². The molecule has 0 aliphatic carbocycles. The highest BCUT2D eigenvalue weighted by atomic mass is 19.4. The summed E-state index contributed by atoms with van der Waals surface area (Å²) in [5, 5.41) is 3.06. The molecule has 1 aliphatic rings. The van der Waals surface area contributed by atoms with E-state index in [9.17, 15) is 17.6 Å². The van der Waals surface area contributed by atoms with E-state index in [2.05, 4.69) is 5.32 Å². The predicted octanol–water partition coefficient (Wildman–Crippen LogP) is 3.44. The molecular weight excluding hydrogens is 234 g/mol. The maximum Gasteiger partial charge on any atom is 0.419 e. The molecular formula is C12H13F4N. The molecule has 17 heavy (non-hydrogen) atoms. The van der Waals surface area contributed by atoms with Crippen LogP contribution in [-0.2, 0) is 11.7 Å². The molecule has 1 saturated heterocycles. The van der Waals surface area contributed by atoms with Crippen molar-refractivity contribution in [2.75, 3.05) is 6.54 Å².